The van der Waals surface area contributed by atoms with Crippen molar-refractivity contribution in [1.29, 1.82) is 0 Å². The van der Waals surface area contributed by atoms with Crippen molar-refractivity contribution in [3.05, 3.63) is 39.8 Å². The second-order valence-corrected chi connectivity index (χ2v) is 5.88. The Kier molecular flexibility index (Phi) is 9.25. The predicted octanol–water partition coefficient (Wildman–Crippen LogP) is 3.00. The van der Waals surface area contributed by atoms with Crippen molar-refractivity contribution in [3.63, 3.8) is 0 Å². The normalized spacial score (nSPS) is 10.3. The highest BCUT2D eigenvalue weighted by Gasteiger charge is 2.13. The lowest BCUT2D eigenvalue weighted by atomic mass is 10.2. The van der Waals surface area contributed by atoms with Crippen molar-refractivity contribution < 1.29 is 23.0 Å². The highest BCUT2D eigenvalue weighted by atomic mass is 35.5. The molecule has 0 bridgehead atoms. The van der Waals surface area contributed by atoms with E-state index in [1.165, 1.54) is 17.4 Å². The number of carbonyl (C=O) groups excluding carboxylic acids is 1. The fourth-order valence-corrected chi connectivity index (χ4v) is 2.84. The summed E-state index contributed by atoms with van der Waals surface area (Å²) >= 11 is 1.38. The molecular weight excluding hydrogens is 388 g/mol. The van der Waals surface area contributed by atoms with Gasteiger partial charge in [0.05, 0.1) is 11.6 Å². The second kappa shape index (κ2) is 10.9. The number of hydrogen-bond donors (Lipinski definition) is 2. The van der Waals surface area contributed by atoms with E-state index in [0.717, 1.165) is 5.01 Å². The number of ether oxygens (including phenoxy) is 2. The molecule has 0 aliphatic rings. The Labute approximate surface area is 160 Å². The molecule has 1 aromatic carbocycles. The van der Waals surface area contributed by atoms with Crippen LogP contribution in [0.2, 0.25) is 0 Å². The summed E-state index contributed by atoms with van der Waals surface area (Å²) < 4.78 is 34.5. The van der Waals surface area contributed by atoms with E-state index in [9.17, 15) is 13.6 Å². The number of alkyl halides is 2. The highest BCUT2D eigenvalue weighted by Crippen LogP contribution is 2.29. The summed E-state index contributed by atoms with van der Waals surface area (Å²) in [6.45, 7) is -0.212. The Bertz CT molecular complexity index is 716. The molecule has 0 fully saturated rings. The van der Waals surface area contributed by atoms with E-state index >= 15 is 0 Å². The quantitative estimate of drug-likeness (QED) is 0.667. The fraction of sp³-hybridized carbons (Fsp3) is 0.375. The number of benzene rings is 1. The molecule has 6 nitrogen and oxygen atoms in total. The Morgan fingerprint density at radius 1 is 1.38 bits per heavy atom. The van der Waals surface area contributed by atoms with E-state index in [-0.39, 0.29) is 36.4 Å². The molecule has 0 aliphatic carbocycles. The first-order valence-corrected chi connectivity index (χ1v) is 8.54. The summed E-state index contributed by atoms with van der Waals surface area (Å²) in [5, 5.41) is 5.21. The molecule has 1 aromatic heterocycles. The molecular formula is C16H20ClF2N3O3S. The van der Waals surface area contributed by atoms with Crippen LogP contribution < -0.4 is 20.5 Å². The third kappa shape index (κ3) is 6.40. The standard InChI is InChI=1S/C16H19F2N3O3S.ClH/c1-2-23-13-7-10(3-4-12(13)24-16(17)18)8-20-15(22)11-9-25-14(21-11)5-6-19;/h3-4,7,9,16H,2,5-6,8,19H2,1H3,(H,20,22);1H. The number of aromatic nitrogens is 1. The molecule has 10 heteroatoms. The van der Waals surface area contributed by atoms with Gasteiger partial charge < -0.3 is 20.5 Å². The molecule has 0 saturated heterocycles. The van der Waals surface area contributed by atoms with Crippen molar-refractivity contribution in [2.24, 2.45) is 5.73 Å². The minimum Gasteiger partial charge on any atom is -0.490 e. The van der Waals surface area contributed by atoms with Gasteiger partial charge in [-0.2, -0.15) is 8.78 Å². The monoisotopic (exact) mass is 407 g/mol. The number of amides is 1. The van der Waals surface area contributed by atoms with Gasteiger partial charge in [0.25, 0.3) is 5.91 Å². The molecule has 0 atom stereocenters. The van der Waals surface area contributed by atoms with E-state index < -0.39 is 6.61 Å². The van der Waals surface area contributed by atoms with E-state index in [1.54, 1.807) is 24.4 Å². The lowest BCUT2D eigenvalue weighted by Crippen LogP contribution is -2.23. The van der Waals surface area contributed by atoms with Gasteiger partial charge in [0.15, 0.2) is 11.5 Å². The maximum atomic E-state index is 12.4. The highest BCUT2D eigenvalue weighted by molar-refractivity contribution is 7.09. The van der Waals surface area contributed by atoms with Crippen LogP contribution in [0.15, 0.2) is 23.6 Å². The number of halogens is 3. The summed E-state index contributed by atoms with van der Waals surface area (Å²) in [6, 6.07) is 4.53. The summed E-state index contributed by atoms with van der Waals surface area (Å²) in [4.78, 5) is 16.3. The van der Waals surface area contributed by atoms with Gasteiger partial charge in [-0.25, -0.2) is 4.98 Å². The molecule has 0 unspecified atom stereocenters. The molecule has 0 radical (unpaired) electrons. The number of nitrogens with zero attached hydrogens (tertiary/aromatic N) is 1. The van der Waals surface area contributed by atoms with Crippen LogP contribution in [0.25, 0.3) is 0 Å². The van der Waals surface area contributed by atoms with Crippen LogP contribution in [0.3, 0.4) is 0 Å². The molecule has 26 heavy (non-hydrogen) atoms. The van der Waals surface area contributed by atoms with Crippen molar-refractivity contribution in [1.82, 2.24) is 10.3 Å². The number of hydrogen-bond acceptors (Lipinski definition) is 6. The fourth-order valence-electron chi connectivity index (χ4n) is 2.05. The van der Waals surface area contributed by atoms with Gasteiger partial charge in [-0.3, -0.25) is 4.79 Å². The number of carbonyl (C=O) groups is 1. The van der Waals surface area contributed by atoms with Gasteiger partial charge in [-0.1, -0.05) is 6.07 Å². The van der Waals surface area contributed by atoms with E-state index in [2.05, 4.69) is 15.0 Å². The van der Waals surface area contributed by atoms with Crippen LogP contribution >= 0.6 is 23.7 Å². The first-order chi connectivity index (χ1) is 12.0. The lowest BCUT2D eigenvalue weighted by molar-refractivity contribution is -0.0514. The van der Waals surface area contributed by atoms with E-state index in [0.29, 0.717) is 30.8 Å². The second-order valence-electron chi connectivity index (χ2n) is 4.94. The predicted molar refractivity (Wildman–Crippen MR) is 97.5 cm³/mol. The van der Waals surface area contributed by atoms with Crippen LogP contribution in [0, 0.1) is 0 Å². The van der Waals surface area contributed by atoms with Crippen molar-refractivity contribution in [2.45, 2.75) is 26.5 Å². The smallest absolute Gasteiger partial charge is 0.387 e. The average molecular weight is 408 g/mol. The third-order valence-corrected chi connectivity index (χ3v) is 4.03. The molecule has 0 saturated carbocycles. The zero-order valence-corrected chi connectivity index (χ0v) is 15.7. The number of rotatable bonds is 9. The minimum atomic E-state index is -2.93. The zero-order chi connectivity index (χ0) is 18.2. The summed E-state index contributed by atoms with van der Waals surface area (Å²) in [5.41, 5.74) is 6.48. The topological polar surface area (TPSA) is 86.5 Å². The van der Waals surface area contributed by atoms with Crippen LogP contribution in [-0.2, 0) is 13.0 Å². The molecule has 2 aromatic rings. The van der Waals surface area contributed by atoms with Gasteiger partial charge in [0.2, 0.25) is 0 Å². The molecule has 3 N–H and O–H groups in total. The van der Waals surface area contributed by atoms with Gasteiger partial charge in [0, 0.05) is 18.3 Å². The lowest BCUT2D eigenvalue weighted by Gasteiger charge is -2.13. The SMILES string of the molecule is CCOc1cc(CNC(=O)c2csc(CCN)n2)ccc1OC(F)F.Cl. The van der Waals surface area contributed by atoms with Crippen molar-refractivity contribution >= 4 is 29.7 Å². The van der Waals surface area contributed by atoms with Gasteiger partial charge in [-0.05, 0) is 31.2 Å². The largest absolute Gasteiger partial charge is 0.490 e. The zero-order valence-electron chi connectivity index (χ0n) is 14.0. The van der Waals surface area contributed by atoms with Gasteiger partial charge in [-0.15, -0.1) is 23.7 Å². The first-order valence-electron chi connectivity index (χ1n) is 7.66. The van der Waals surface area contributed by atoms with Crippen LogP contribution in [0.4, 0.5) is 8.78 Å². The Hall–Kier alpha value is -1.97. The molecule has 2 rings (SSSR count). The Balaban J connectivity index is 0.00000338. The Morgan fingerprint density at radius 2 is 2.15 bits per heavy atom. The molecule has 144 valence electrons. The average Bonchev–Trinajstić information content (AvgIpc) is 3.03. The first kappa shape index (κ1) is 22.1. The van der Waals surface area contributed by atoms with Crippen LogP contribution in [0.5, 0.6) is 11.5 Å². The molecule has 1 amide bonds. The molecule has 0 aliphatic heterocycles. The number of nitrogens with one attached hydrogen (secondary N) is 1. The van der Waals surface area contributed by atoms with Crippen molar-refractivity contribution in [3.8, 4) is 11.5 Å². The summed E-state index contributed by atoms with van der Waals surface area (Å²) in [7, 11) is 0. The van der Waals surface area contributed by atoms with Gasteiger partial charge >= 0.3 is 6.61 Å². The maximum Gasteiger partial charge on any atom is 0.387 e. The molecule has 0 spiro atoms. The van der Waals surface area contributed by atoms with E-state index in [4.69, 9.17) is 10.5 Å². The Morgan fingerprint density at radius 3 is 2.81 bits per heavy atom. The summed E-state index contributed by atoms with van der Waals surface area (Å²) in [5.74, 6) is -0.156. The molecule has 1 heterocycles. The summed E-state index contributed by atoms with van der Waals surface area (Å²) in [6.07, 6.45) is 0.626. The number of nitrogens with two attached hydrogens (primary N) is 1. The minimum absolute atomic E-state index is 0. The number of thiazole rings is 1. The van der Waals surface area contributed by atoms with Crippen LogP contribution in [-0.4, -0.2) is 30.7 Å². The maximum absolute atomic E-state index is 12.4. The van der Waals surface area contributed by atoms with Crippen LogP contribution in [0.1, 0.15) is 28.0 Å². The van der Waals surface area contributed by atoms with Gasteiger partial charge in [0.1, 0.15) is 5.69 Å². The van der Waals surface area contributed by atoms with Crippen molar-refractivity contribution in [2.75, 3.05) is 13.2 Å². The third-order valence-electron chi connectivity index (χ3n) is 3.12. The van der Waals surface area contributed by atoms with E-state index in [1.807, 2.05) is 0 Å².